The number of para-hydroxylation sites is 1. The van der Waals surface area contributed by atoms with Gasteiger partial charge in [-0.15, -0.1) is 11.3 Å². The highest BCUT2D eigenvalue weighted by Crippen LogP contribution is 2.29. The van der Waals surface area contributed by atoms with Crippen molar-refractivity contribution in [1.29, 1.82) is 0 Å². The molecule has 0 aliphatic heterocycles. The molecule has 0 aliphatic carbocycles. The van der Waals surface area contributed by atoms with Crippen molar-refractivity contribution >= 4 is 33.5 Å². The van der Waals surface area contributed by atoms with Gasteiger partial charge in [-0.1, -0.05) is 72.8 Å². The summed E-state index contributed by atoms with van der Waals surface area (Å²) in [6, 6.07) is 29.6. The summed E-state index contributed by atoms with van der Waals surface area (Å²) >= 11 is 3.35. The van der Waals surface area contributed by atoms with Crippen molar-refractivity contribution in [2.24, 2.45) is 0 Å². The van der Waals surface area contributed by atoms with Crippen molar-refractivity contribution in [3.63, 3.8) is 0 Å². The van der Waals surface area contributed by atoms with Crippen LogP contribution in [0.4, 0.5) is 0 Å². The van der Waals surface area contributed by atoms with E-state index < -0.39 is 0 Å². The van der Waals surface area contributed by atoms with E-state index in [1.165, 1.54) is 15.8 Å². The van der Waals surface area contributed by atoms with Crippen LogP contribution in [0.1, 0.15) is 17.0 Å². The summed E-state index contributed by atoms with van der Waals surface area (Å²) in [7, 11) is 0. The zero-order valence-electron chi connectivity index (χ0n) is 13.6. The summed E-state index contributed by atoms with van der Waals surface area (Å²) in [5.41, 5.74) is 3.72. The van der Waals surface area contributed by atoms with Crippen LogP contribution in [0.5, 0.6) is 0 Å². The molecule has 0 radical (unpaired) electrons. The Labute approximate surface area is 156 Å². The first-order valence-corrected chi connectivity index (χ1v) is 9.88. The molecule has 0 atom stereocenters. The van der Waals surface area contributed by atoms with Crippen LogP contribution in [-0.4, -0.2) is 11.5 Å². The Morgan fingerprint density at radius 3 is 2.04 bits per heavy atom. The van der Waals surface area contributed by atoms with E-state index >= 15 is 0 Å². The van der Waals surface area contributed by atoms with Crippen molar-refractivity contribution in [3.8, 4) is 0 Å². The third-order valence-electron chi connectivity index (χ3n) is 4.13. The van der Waals surface area contributed by atoms with Crippen LogP contribution in [0.25, 0.3) is 10.2 Å². The Bertz CT molecular complexity index is 863. The fraction of sp³-hybridized carbons (Fsp3) is 0.0952. The van der Waals surface area contributed by atoms with Gasteiger partial charge in [0.25, 0.3) is 0 Å². The van der Waals surface area contributed by atoms with Crippen molar-refractivity contribution in [2.75, 3.05) is 6.54 Å². The van der Waals surface area contributed by atoms with Crippen LogP contribution in [0.3, 0.4) is 0 Å². The first kappa shape index (κ1) is 16.3. The Morgan fingerprint density at radius 2 is 1.40 bits per heavy atom. The van der Waals surface area contributed by atoms with Crippen molar-refractivity contribution in [2.45, 2.75) is 10.3 Å². The smallest absolute Gasteiger partial charge is 0.166 e. The van der Waals surface area contributed by atoms with Gasteiger partial charge in [0.2, 0.25) is 0 Å². The molecule has 0 amide bonds. The summed E-state index contributed by atoms with van der Waals surface area (Å²) in [6.45, 7) is 0.856. The highest BCUT2D eigenvalue weighted by molar-refractivity contribution is 7.99. The monoisotopic (exact) mass is 362 g/mol. The second kappa shape index (κ2) is 7.83. The van der Waals surface area contributed by atoms with Gasteiger partial charge in [0.15, 0.2) is 4.34 Å². The van der Waals surface area contributed by atoms with E-state index in [0.29, 0.717) is 5.92 Å². The Kier molecular flexibility index (Phi) is 5.11. The Balaban J connectivity index is 1.49. The molecule has 1 aromatic heterocycles. The molecule has 4 aromatic rings. The van der Waals surface area contributed by atoms with Crippen LogP contribution in [0.15, 0.2) is 89.3 Å². The molecular formula is C21H18N2S2. The Morgan fingerprint density at radius 1 is 0.800 bits per heavy atom. The lowest BCUT2D eigenvalue weighted by Crippen LogP contribution is -2.16. The third-order valence-corrected chi connectivity index (χ3v) is 6.03. The summed E-state index contributed by atoms with van der Waals surface area (Å²) in [5, 5.41) is 0. The van der Waals surface area contributed by atoms with E-state index in [1.54, 1.807) is 23.3 Å². The lowest BCUT2D eigenvalue weighted by Gasteiger charge is -2.18. The third kappa shape index (κ3) is 3.93. The van der Waals surface area contributed by atoms with Gasteiger partial charge < -0.3 is 0 Å². The molecule has 0 spiro atoms. The zero-order valence-corrected chi connectivity index (χ0v) is 15.3. The predicted molar refractivity (Wildman–Crippen MR) is 108 cm³/mol. The van der Waals surface area contributed by atoms with Gasteiger partial charge >= 0.3 is 0 Å². The lowest BCUT2D eigenvalue weighted by atomic mass is 9.92. The molecule has 124 valence electrons. The maximum atomic E-state index is 4.67. The minimum atomic E-state index is 0.323. The molecule has 0 bridgehead atoms. The van der Waals surface area contributed by atoms with Gasteiger partial charge in [0, 0.05) is 12.5 Å². The van der Waals surface area contributed by atoms with Crippen molar-refractivity contribution < 1.29 is 0 Å². The van der Waals surface area contributed by atoms with E-state index in [1.807, 2.05) is 6.07 Å². The molecule has 1 heterocycles. The largest absolute Gasteiger partial charge is 0.257 e. The van der Waals surface area contributed by atoms with E-state index in [-0.39, 0.29) is 0 Å². The quantitative estimate of drug-likeness (QED) is 0.444. The first-order valence-electron chi connectivity index (χ1n) is 8.25. The predicted octanol–water partition coefficient (Wildman–Crippen LogP) is 5.73. The van der Waals surface area contributed by atoms with Gasteiger partial charge in [-0.3, -0.25) is 4.72 Å². The molecular weight excluding hydrogens is 344 g/mol. The molecule has 0 aliphatic rings. The average Bonchev–Trinajstić information content (AvgIpc) is 3.09. The van der Waals surface area contributed by atoms with Gasteiger partial charge in [-0.25, -0.2) is 4.98 Å². The topological polar surface area (TPSA) is 24.9 Å². The second-order valence-electron chi connectivity index (χ2n) is 5.77. The summed E-state index contributed by atoms with van der Waals surface area (Å²) in [4.78, 5) is 4.67. The number of hydrogen-bond acceptors (Lipinski definition) is 4. The number of fused-ring (bicyclic) bond motifs is 1. The molecule has 25 heavy (non-hydrogen) atoms. The van der Waals surface area contributed by atoms with Gasteiger partial charge in [0.1, 0.15) is 0 Å². The number of aromatic nitrogens is 1. The highest BCUT2D eigenvalue weighted by Gasteiger charge is 2.14. The number of thiazole rings is 1. The molecule has 0 unspecified atom stereocenters. The number of nitrogens with zero attached hydrogens (tertiary/aromatic N) is 1. The molecule has 0 saturated carbocycles. The molecule has 3 aromatic carbocycles. The number of nitrogens with one attached hydrogen (secondary N) is 1. The summed E-state index contributed by atoms with van der Waals surface area (Å²) in [6.07, 6.45) is 0. The van der Waals surface area contributed by atoms with Gasteiger partial charge in [-0.05, 0) is 35.2 Å². The molecule has 2 nitrogen and oxygen atoms in total. The SMILES string of the molecule is c1ccc(C(CNSc2nc3ccccc3s2)c2ccccc2)cc1. The van der Waals surface area contributed by atoms with Gasteiger partial charge in [0.05, 0.1) is 10.2 Å². The minimum Gasteiger partial charge on any atom is -0.257 e. The molecule has 1 N–H and O–H groups in total. The minimum absolute atomic E-state index is 0.323. The number of benzene rings is 3. The molecule has 0 fully saturated rings. The maximum Gasteiger partial charge on any atom is 0.166 e. The van der Waals surface area contributed by atoms with E-state index in [9.17, 15) is 0 Å². The lowest BCUT2D eigenvalue weighted by molar-refractivity contribution is 0.782. The Hall–Kier alpha value is -2.14. The fourth-order valence-electron chi connectivity index (χ4n) is 2.88. The zero-order chi connectivity index (χ0) is 16.9. The van der Waals surface area contributed by atoms with E-state index in [2.05, 4.69) is 88.6 Å². The van der Waals surface area contributed by atoms with Crippen LogP contribution < -0.4 is 4.72 Å². The average molecular weight is 363 g/mol. The molecule has 0 saturated heterocycles. The van der Waals surface area contributed by atoms with Gasteiger partial charge in [-0.2, -0.15) is 0 Å². The molecule has 4 heteroatoms. The van der Waals surface area contributed by atoms with Crippen LogP contribution in [-0.2, 0) is 0 Å². The van der Waals surface area contributed by atoms with E-state index in [4.69, 9.17) is 0 Å². The normalized spacial score (nSPS) is 11.2. The van der Waals surface area contributed by atoms with Crippen molar-refractivity contribution in [1.82, 2.24) is 9.71 Å². The first-order chi connectivity index (χ1) is 12.4. The van der Waals surface area contributed by atoms with Crippen molar-refractivity contribution in [3.05, 3.63) is 96.1 Å². The highest BCUT2D eigenvalue weighted by atomic mass is 32.2. The summed E-state index contributed by atoms with van der Waals surface area (Å²) < 4.78 is 5.81. The summed E-state index contributed by atoms with van der Waals surface area (Å²) in [5.74, 6) is 0.323. The van der Waals surface area contributed by atoms with Crippen LogP contribution >= 0.6 is 23.3 Å². The molecule has 4 rings (SSSR count). The standard InChI is InChI=1S/C21H18N2S2/c1-3-9-16(10-4-1)18(17-11-5-2-6-12-17)15-22-25-21-23-19-13-7-8-14-20(19)24-21/h1-14,18,22H,15H2. The van der Waals surface area contributed by atoms with Crippen LogP contribution in [0.2, 0.25) is 0 Å². The van der Waals surface area contributed by atoms with E-state index in [0.717, 1.165) is 16.4 Å². The second-order valence-corrected chi connectivity index (χ2v) is 7.94. The number of hydrogen-bond donors (Lipinski definition) is 1. The van der Waals surface area contributed by atoms with Crippen LogP contribution in [0, 0.1) is 0 Å². The maximum absolute atomic E-state index is 4.67. The fourth-order valence-corrected chi connectivity index (χ4v) is 4.71. The number of rotatable bonds is 6.